The fraction of sp³-hybridized carbons (Fsp3) is 0.408. The van der Waals surface area contributed by atoms with Gasteiger partial charge < -0.3 is 20.3 Å². The SMILES string of the molecule is CCCCCN1/C(=C/C=C2\CCC(/C=C/C3=[N+](CCCCC)c4ccccc4C3(C)C)=C2NCCc2c[nH]c3ccc(O)cc23)C(C)(C)c2ccccc21. The molecule has 0 saturated carbocycles. The maximum Gasteiger partial charge on any atom is 0.209 e. The molecule has 3 aliphatic rings. The molecule has 3 N–H and O–H groups in total. The predicted molar refractivity (Wildman–Crippen MR) is 228 cm³/mol. The Balaban J connectivity index is 1.25. The smallest absolute Gasteiger partial charge is 0.209 e. The summed E-state index contributed by atoms with van der Waals surface area (Å²) in [4.78, 5) is 5.98. The third-order valence-corrected chi connectivity index (χ3v) is 12.2. The average Bonchev–Trinajstić information content (AvgIpc) is 3.86. The molecule has 1 aliphatic carbocycles. The number of phenolic OH excluding ortho intramolecular Hbond substituents is 1. The summed E-state index contributed by atoms with van der Waals surface area (Å²) in [5.41, 5.74) is 14.5. The zero-order chi connectivity index (χ0) is 37.9. The molecule has 0 spiro atoms. The van der Waals surface area contributed by atoms with Crippen LogP contribution in [0.3, 0.4) is 0 Å². The molecule has 54 heavy (non-hydrogen) atoms. The quantitative estimate of drug-likeness (QED) is 0.0846. The molecule has 282 valence electrons. The fourth-order valence-electron chi connectivity index (χ4n) is 9.14. The first-order chi connectivity index (χ1) is 26.1. The molecule has 0 saturated heterocycles. The number of nitrogens with one attached hydrogen (secondary N) is 2. The van der Waals surface area contributed by atoms with Crippen LogP contribution in [0.15, 0.2) is 120 Å². The highest BCUT2D eigenvalue weighted by atomic mass is 16.3. The topological polar surface area (TPSA) is 54.3 Å². The lowest BCUT2D eigenvalue weighted by molar-refractivity contribution is -0.438. The van der Waals surface area contributed by atoms with Gasteiger partial charge in [-0.25, -0.2) is 0 Å². The number of aromatic nitrogens is 1. The summed E-state index contributed by atoms with van der Waals surface area (Å²) in [5.74, 6) is 0.305. The van der Waals surface area contributed by atoms with Crippen LogP contribution < -0.4 is 10.2 Å². The molecular formula is C49H61N4O+. The van der Waals surface area contributed by atoms with Crippen molar-refractivity contribution in [2.24, 2.45) is 0 Å². The highest BCUT2D eigenvalue weighted by Gasteiger charge is 2.44. The van der Waals surface area contributed by atoms with Crippen molar-refractivity contribution in [3.05, 3.63) is 136 Å². The summed E-state index contributed by atoms with van der Waals surface area (Å²) in [6.45, 7) is 17.0. The minimum atomic E-state index is -0.0691. The van der Waals surface area contributed by atoms with Crippen molar-refractivity contribution in [2.45, 2.75) is 110 Å². The van der Waals surface area contributed by atoms with E-state index < -0.39 is 0 Å². The standard InChI is InChI=1S/C49H60N4O/c1-7-9-15-31-52-43-19-13-11-17-40(43)48(3,4)45(52)27-23-35-21-22-36(47(35)50-30-29-37-34-51-42-26-25-38(54)33-39(37)42)24-28-46-49(5,6)41-18-12-14-20-44(41)53(46)32-16-10-8-2/h11-14,17-20,23-28,33-34,51,54H,7-10,15-16,21-22,29-32H2,1-6H3/p+1/b35-23+,45-27+. The lowest BCUT2D eigenvalue weighted by Crippen LogP contribution is -2.28. The Hall–Kier alpha value is -4.77. The molecule has 3 heterocycles. The lowest BCUT2D eigenvalue weighted by atomic mass is 9.81. The molecule has 3 aromatic carbocycles. The lowest BCUT2D eigenvalue weighted by Gasteiger charge is -2.27. The number of nitrogens with zero attached hydrogens (tertiary/aromatic N) is 2. The first-order valence-corrected chi connectivity index (χ1v) is 20.6. The zero-order valence-electron chi connectivity index (χ0n) is 33.6. The number of benzene rings is 3. The van der Waals surface area contributed by atoms with Gasteiger partial charge in [0.25, 0.3) is 0 Å². The first-order valence-electron chi connectivity index (χ1n) is 20.6. The Kier molecular flexibility index (Phi) is 11.1. The summed E-state index contributed by atoms with van der Waals surface area (Å²) in [6.07, 6.45) is 22.0. The number of H-pyrrole nitrogens is 1. The van der Waals surface area contributed by atoms with Gasteiger partial charge in [-0.15, -0.1) is 0 Å². The number of unbranched alkanes of at least 4 members (excludes halogenated alkanes) is 4. The molecule has 1 aromatic heterocycles. The molecule has 7 rings (SSSR count). The van der Waals surface area contributed by atoms with Gasteiger partial charge in [0, 0.05) is 76.8 Å². The molecule has 0 radical (unpaired) electrons. The van der Waals surface area contributed by atoms with Gasteiger partial charge in [-0.05, 0) is 98.6 Å². The summed E-state index contributed by atoms with van der Waals surface area (Å²) in [6, 6.07) is 23.6. The maximum atomic E-state index is 10.2. The third-order valence-electron chi connectivity index (χ3n) is 12.2. The van der Waals surface area contributed by atoms with Crippen LogP contribution in [-0.2, 0) is 17.3 Å². The van der Waals surface area contributed by atoms with Gasteiger partial charge in [-0.1, -0.05) is 95.5 Å². The molecular weight excluding hydrogens is 661 g/mol. The molecule has 0 bridgehead atoms. The maximum absolute atomic E-state index is 10.2. The Morgan fingerprint density at radius 3 is 2.41 bits per heavy atom. The zero-order valence-corrected chi connectivity index (χ0v) is 33.6. The second-order valence-corrected chi connectivity index (χ2v) is 16.6. The summed E-state index contributed by atoms with van der Waals surface area (Å²) < 4.78 is 2.59. The van der Waals surface area contributed by atoms with Crippen LogP contribution in [-0.4, -0.2) is 40.0 Å². The number of aromatic amines is 1. The number of allylic oxidation sites excluding steroid dienone is 7. The van der Waals surface area contributed by atoms with E-state index >= 15 is 0 Å². The Morgan fingerprint density at radius 1 is 0.833 bits per heavy atom. The van der Waals surface area contributed by atoms with Crippen molar-refractivity contribution >= 4 is 28.0 Å². The van der Waals surface area contributed by atoms with Crippen molar-refractivity contribution < 1.29 is 9.68 Å². The van der Waals surface area contributed by atoms with E-state index in [0.717, 1.165) is 49.8 Å². The van der Waals surface area contributed by atoms with Crippen molar-refractivity contribution in [3.63, 3.8) is 0 Å². The van der Waals surface area contributed by atoms with Crippen molar-refractivity contribution in [2.75, 3.05) is 24.5 Å². The van der Waals surface area contributed by atoms with Crippen LogP contribution in [0.2, 0.25) is 0 Å². The fourth-order valence-corrected chi connectivity index (χ4v) is 9.14. The normalized spacial score (nSPS) is 19.0. The number of rotatable bonds is 15. The van der Waals surface area contributed by atoms with Gasteiger partial charge in [0.1, 0.15) is 12.3 Å². The minimum absolute atomic E-state index is 0.0691. The summed E-state index contributed by atoms with van der Waals surface area (Å²) >= 11 is 0. The van der Waals surface area contributed by atoms with Gasteiger partial charge in [-0.3, -0.25) is 0 Å². The van der Waals surface area contributed by atoms with Crippen LogP contribution in [0.5, 0.6) is 5.75 Å². The van der Waals surface area contributed by atoms with Crippen LogP contribution in [0.25, 0.3) is 10.9 Å². The molecule has 0 fully saturated rings. The molecule has 5 nitrogen and oxygen atoms in total. The number of fused-ring (bicyclic) bond motifs is 3. The number of anilines is 1. The van der Waals surface area contributed by atoms with E-state index in [-0.39, 0.29) is 10.8 Å². The van der Waals surface area contributed by atoms with Gasteiger partial charge in [0.05, 0.1) is 5.41 Å². The Bertz CT molecular complexity index is 2150. The van der Waals surface area contributed by atoms with E-state index in [2.05, 4.69) is 140 Å². The van der Waals surface area contributed by atoms with E-state index in [0.29, 0.717) is 5.75 Å². The average molecular weight is 722 g/mol. The van der Waals surface area contributed by atoms with Gasteiger partial charge in [-0.2, -0.15) is 4.58 Å². The van der Waals surface area contributed by atoms with Crippen LogP contribution in [0.4, 0.5) is 11.4 Å². The van der Waals surface area contributed by atoms with E-state index in [1.807, 2.05) is 12.1 Å². The van der Waals surface area contributed by atoms with Crippen molar-refractivity contribution in [3.8, 4) is 5.75 Å². The van der Waals surface area contributed by atoms with E-state index in [1.54, 1.807) is 6.07 Å². The number of hydrogen-bond donors (Lipinski definition) is 3. The second-order valence-electron chi connectivity index (χ2n) is 16.6. The van der Waals surface area contributed by atoms with E-state index in [1.165, 1.54) is 94.8 Å². The van der Waals surface area contributed by atoms with Gasteiger partial charge in [0.2, 0.25) is 5.69 Å². The Morgan fingerprint density at radius 2 is 1.59 bits per heavy atom. The number of hydrogen-bond acceptors (Lipinski definition) is 3. The largest absolute Gasteiger partial charge is 0.508 e. The number of para-hydroxylation sites is 2. The third kappa shape index (κ3) is 7.22. The monoisotopic (exact) mass is 721 g/mol. The molecule has 2 aliphatic heterocycles. The van der Waals surface area contributed by atoms with Crippen molar-refractivity contribution in [1.82, 2.24) is 10.3 Å². The van der Waals surface area contributed by atoms with Crippen LogP contribution in [0, 0.1) is 0 Å². The molecule has 0 amide bonds. The molecule has 5 heteroatoms. The van der Waals surface area contributed by atoms with E-state index in [9.17, 15) is 5.11 Å². The predicted octanol–water partition coefficient (Wildman–Crippen LogP) is 11.7. The number of aromatic hydroxyl groups is 1. The number of phenols is 1. The van der Waals surface area contributed by atoms with Gasteiger partial charge in [0.15, 0.2) is 5.71 Å². The van der Waals surface area contributed by atoms with Crippen LogP contribution >= 0.6 is 0 Å². The second kappa shape index (κ2) is 15.9. The van der Waals surface area contributed by atoms with Gasteiger partial charge >= 0.3 is 0 Å². The first kappa shape index (κ1) is 37.5. The molecule has 4 aromatic rings. The summed E-state index contributed by atoms with van der Waals surface area (Å²) in [7, 11) is 0. The molecule has 0 atom stereocenters. The molecule has 0 unspecified atom stereocenters. The van der Waals surface area contributed by atoms with Crippen molar-refractivity contribution in [1.29, 1.82) is 0 Å². The highest BCUT2D eigenvalue weighted by molar-refractivity contribution is 6.03. The summed E-state index contributed by atoms with van der Waals surface area (Å²) in [5, 5.41) is 15.3. The van der Waals surface area contributed by atoms with Crippen LogP contribution in [0.1, 0.15) is 110 Å². The Labute approximate surface area is 323 Å². The minimum Gasteiger partial charge on any atom is -0.508 e. The van der Waals surface area contributed by atoms with E-state index in [4.69, 9.17) is 0 Å². The highest BCUT2D eigenvalue weighted by Crippen LogP contribution is 2.48.